The summed E-state index contributed by atoms with van der Waals surface area (Å²) in [6, 6.07) is 0. The zero-order chi connectivity index (χ0) is 58.4. The Morgan fingerprint density at radius 1 is 0.400 bits per heavy atom. The number of likely N-dealkylation sites (N-methyl/N-ethyl adjacent to an activating group) is 1. The van der Waals surface area contributed by atoms with Gasteiger partial charge in [-0.1, -0.05) is 305 Å². The number of nitrogens with zero attached hydrogens (tertiary/aromatic N) is 1. The molecule has 0 spiro atoms. The van der Waals surface area contributed by atoms with Crippen LogP contribution in [0.2, 0.25) is 0 Å². The van der Waals surface area contributed by atoms with E-state index in [2.05, 4.69) is 86.8 Å². The molecule has 0 saturated carbocycles. The van der Waals surface area contributed by atoms with E-state index >= 15 is 0 Å². The molecule has 0 aliphatic rings. The van der Waals surface area contributed by atoms with Gasteiger partial charge < -0.3 is 27.9 Å². The summed E-state index contributed by atoms with van der Waals surface area (Å²) in [5, 5.41) is 0. The Kier molecular flexibility index (Phi) is 59.1. The van der Waals surface area contributed by atoms with E-state index < -0.39 is 32.5 Å². The second-order valence-corrected chi connectivity index (χ2v) is 25.2. The fourth-order valence-corrected chi connectivity index (χ4v) is 10.3. The molecule has 0 aromatic carbocycles. The van der Waals surface area contributed by atoms with E-state index in [1.54, 1.807) is 0 Å². The van der Waals surface area contributed by atoms with Crippen LogP contribution in [-0.4, -0.2) is 70.0 Å². The molecular formula is C70H128NO8P. The lowest BCUT2D eigenvalue weighted by atomic mass is 10.0. The fourth-order valence-electron chi connectivity index (χ4n) is 9.60. The molecule has 2 atom stereocenters. The lowest BCUT2D eigenvalue weighted by Crippen LogP contribution is -2.37. The maximum atomic E-state index is 12.8. The summed E-state index contributed by atoms with van der Waals surface area (Å²) in [5.74, 6) is -0.876. The number of hydrogen-bond acceptors (Lipinski definition) is 8. The van der Waals surface area contributed by atoms with Crippen molar-refractivity contribution in [1.82, 2.24) is 0 Å². The van der Waals surface area contributed by atoms with Crippen LogP contribution in [0.25, 0.3) is 0 Å². The van der Waals surface area contributed by atoms with Gasteiger partial charge in [-0.15, -0.1) is 0 Å². The molecule has 0 aliphatic carbocycles. The lowest BCUT2D eigenvalue weighted by molar-refractivity contribution is -0.870. The van der Waals surface area contributed by atoms with Crippen LogP contribution in [0.15, 0.2) is 72.9 Å². The Balaban J connectivity index is 4.02. The molecule has 0 rings (SSSR count). The van der Waals surface area contributed by atoms with Crippen molar-refractivity contribution >= 4 is 19.8 Å². The Morgan fingerprint density at radius 3 is 1.06 bits per heavy atom. The normalized spacial score (nSPS) is 13.6. The lowest BCUT2D eigenvalue weighted by Gasteiger charge is -2.28. The summed E-state index contributed by atoms with van der Waals surface area (Å²) >= 11 is 0. The third kappa shape index (κ3) is 64.6. The van der Waals surface area contributed by atoms with Gasteiger partial charge in [0.15, 0.2) is 6.10 Å². The molecule has 0 amide bonds. The van der Waals surface area contributed by atoms with Crippen LogP contribution in [0, 0.1) is 0 Å². The van der Waals surface area contributed by atoms with Crippen molar-refractivity contribution in [3.8, 4) is 0 Å². The average Bonchev–Trinajstić information content (AvgIpc) is 3.42. The fraction of sp³-hybridized carbons (Fsp3) is 0.800. The topological polar surface area (TPSA) is 111 Å². The molecule has 0 aliphatic heterocycles. The first-order valence-corrected chi connectivity index (χ1v) is 35.1. The number of phosphoric acid groups is 1. The number of quaternary nitrogens is 1. The highest BCUT2D eigenvalue weighted by Crippen LogP contribution is 2.38. The van der Waals surface area contributed by atoms with Crippen molar-refractivity contribution in [3.63, 3.8) is 0 Å². The Bertz CT molecular complexity index is 1580. The predicted molar refractivity (Wildman–Crippen MR) is 342 cm³/mol. The number of rotatable bonds is 62. The number of unbranched alkanes of at least 4 members (excludes halogenated alkanes) is 36. The minimum absolute atomic E-state index is 0.0414. The number of hydrogen-bond donors (Lipinski definition) is 0. The first-order chi connectivity index (χ1) is 39.0. The molecular weight excluding hydrogens is 1010 g/mol. The minimum Gasteiger partial charge on any atom is -0.756 e. The van der Waals surface area contributed by atoms with Crippen LogP contribution < -0.4 is 4.89 Å². The molecule has 0 aromatic heterocycles. The third-order valence-electron chi connectivity index (χ3n) is 14.7. The molecule has 0 aromatic rings. The molecule has 0 fully saturated rings. The van der Waals surface area contributed by atoms with Gasteiger partial charge in [0.1, 0.15) is 19.8 Å². The third-order valence-corrected chi connectivity index (χ3v) is 15.7. The van der Waals surface area contributed by atoms with E-state index in [0.717, 1.165) is 70.6 Å². The Hall–Kier alpha value is -2.55. The summed E-state index contributed by atoms with van der Waals surface area (Å²) in [6.45, 7) is 4.11. The van der Waals surface area contributed by atoms with Gasteiger partial charge in [0.05, 0.1) is 27.7 Å². The number of esters is 2. The second-order valence-electron chi connectivity index (χ2n) is 23.8. The molecule has 0 heterocycles. The molecule has 80 heavy (non-hydrogen) atoms. The molecule has 0 N–H and O–H groups in total. The Labute approximate surface area is 495 Å². The largest absolute Gasteiger partial charge is 0.756 e. The number of ether oxygens (including phenoxy) is 2. The van der Waals surface area contributed by atoms with E-state index in [-0.39, 0.29) is 26.1 Å². The first kappa shape index (κ1) is 77.5. The van der Waals surface area contributed by atoms with Gasteiger partial charge in [-0.3, -0.25) is 14.2 Å². The van der Waals surface area contributed by atoms with Crippen molar-refractivity contribution in [2.24, 2.45) is 0 Å². The SMILES string of the molecule is CC/C=C\C/C=C\C/C=C\C/C=C\C/C=C\C/C=C\CCCCC(=O)OC(COC(=O)CCCCCCCCCCCCCCCCCCCCCCCCCCCCCCCCCCCCC)COP(=O)([O-])OCC[N+](C)(C)C. The summed E-state index contributed by atoms with van der Waals surface area (Å²) in [7, 11) is 1.14. The highest BCUT2D eigenvalue weighted by atomic mass is 31.2. The number of phosphoric ester groups is 1. The van der Waals surface area contributed by atoms with Crippen LogP contribution in [0.1, 0.15) is 309 Å². The van der Waals surface area contributed by atoms with Gasteiger partial charge in [-0.25, -0.2) is 0 Å². The van der Waals surface area contributed by atoms with Crippen molar-refractivity contribution < 1.29 is 42.1 Å². The molecule has 2 unspecified atom stereocenters. The van der Waals surface area contributed by atoms with Gasteiger partial charge >= 0.3 is 11.9 Å². The van der Waals surface area contributed by atoms with Gasteiger partial charge in [-0.2, -0.15) is 0 Å². The van der Waals surface area contributed by atoms with Crippen LogP contribution >= 0.6 is 7.82 Å². The highest BCUT2D eigenvalue weighted by molar-refractivity contribution is 7.45. The predicted octanol–water partition coefficient (Wildman–Crippen LogP) is 21.0. The van der Waals surface area contributed by atoms with Gasteiger partial charge in [0.2, 0.25) is 0 Å². The van der Waals surface area contributed by atoms with Gasteiger partial charge in [-0.05, 0) is 64.2 Å². The van der Waals surface area contributed by atoms with Crippen LogP contribution in [0.4, 0.5) is 0 Å². The van der Waals surface area contributed by atoms with Crippen molar-refractivity contribution in [2.75, 3.05) is 47.5 Å². The molecule has 0 saturated heterocycles. The zero-order valence-electron chi connectivity index (χ0n) is 53.0. The van der Waals surface area contributed by atoms with E-state index in [4.69, 9.17) is 18.5 Å². The smallest absolute Gasteiger partial charge is 0.306 e. The maximum absolute atomic E-state index is 12.8. The van der Waals surface area contributed by atoms with Crippen LogP contribution in [-0.2, 0) is 32.7 Å². The summed E-state index contributed by atoms with van der Waals surface area (Å²) in [4.78, 5) is 37.9. The van der Waals surface area contributed by atoms with E-state index in [9.17, 15) is 19.0 Å². The second kappa shape index (κ2) is 61.0. The van der Waals surface area contributed by atoms with E-state index in [0.29, 0.717) is 17.4 Å². The summed E-state index contributed by atoms with van der Waals surface area (Å²) in [5.41, 5.74) is 0. The van der Waals surface area contributed by atoms with Crippen LogP contribution in [0.3, 0.4) is 0 Å². The highest BCUT2D eigenvalue weighted by Gasteiger charge is 2.22. The van der Waals surface area contributed by atoms with Crippen molar-refractivity contribution in [2.45, 2.75) is 315 Å². The molecule has 0 radical (unpaired) electrons. The van der Waals surface area contributed by atoms with E-state index in [1.165, 1.54) is 205 Å². The molecule has 0 bridgehead atoms. The molecule has 9 nitrogen and oxygen atoms in total. The zero-order valence-corrected chi connectivity index (χ0v) is 53.9. The number of carbonyl (C=O) groups is 2. The molecule has 10 heteroatoms. The van der Waals surface area contributed by atoms with Crippen molar-refractivity contribution in [1.29, 1.82) is 0 Å². The minimum atomic E-state index is -4.65. The average molecular weight is 1140 g/mol. The summed E-state index contributed by atoms with van der Waals surface area (Å²) in [6.07, 6.45) is 81.5. The quantitative estimate of drug-likeness (QED) is 0.0195. The monoisotopic (exact) mass is 1140 g/mol. The van der Waals surface area contributed by atoms with Crippen LogP contribution in [0.5, 0.6) is 0 Å². The first-order valence-electron chi connectivity index (χ1n) is 33.6. The number of carbonyl (C=O) groups excluding carboxylic acids is 2. The van der Waals surface area contributed by atoms with Crippen molar-refractivity contribution in [3.05, 3.63) is 72.9 Å². The van der Waals surface area contributed by atoms with Gasteiger partial charge in [0, 0.05) is 12.8 Å². The Morgan fingerprint density at radius 2 is 0.713 bits per heavy atom. The molecule has 466 valence electrons. The summed E-state index contributed by atoms with van der Waals surface area (Å²) < 4.78 is 34.2. The maximum Gasteiger partial charge on any atom is 0.306 e. The van der Waals surface area contributed by atoms with Gasteiger partial charge in [0.25, 0.3) is 7.82 Å². The van der Waals surface area contributed by atoms with E-state index in [1.807, 2.05) is 21.1 Å². The standard InChI is InChI=1S/C70H128NO8P/c1-6-8-10-12-14-16-18-20-22-24-26-28-29-30-31-32-33-34-35-36-37-38-39-40-41-43-44-46-48-50-52-54-56-58-60-62-69(72)76-66-68(67-78-80(74,75)77-65-64-71(3,4)5)79-70(73)63-61-59-57-55-53-51-49-47-45-42-27-25-23-21-19-17-15-13-11-9-7-2/h9,11,15,17,21,23,27,42,47,49,53,55,68H,6-8,10,12-14,16,18-20,22,24-26,28-41,43-46,48,50-52,54,56-67H2,1-5H3/b11-9-,17-15-,23-21-,42-27-,49-47-,55-53-. The number of allylic oxidation sites excluding steroid dienone is 12.